The third-order valence-corrected chi connectivity index (χ3v) is 4.69. The Hall–Kier alpha value is -1.66. The maximum atomic E-state index is 11.9. The largest absolute Gasteiger partial charge is 0.467 e. The summed E-state index contributed by atoms with van der Waals surface area (Å²) in [7, 11) is 0. The summed E-state index contributed by atoms with van der Waals surface area (Å²) in [4.78, 5) is 17.6. The first kappa shape index (κ1) is 15.7. The fourth-order valence-electron chi connectivity index (χ4n) is 1.78. The minimum atomic E-state index is -0.328. The number of hydrogen-bond acceptors (Lipinski definition) is 5. The molecule has 0 bridgehead atoms. The molecule has 114 valence electrons. The summed E-state index contributed by atoms with van der Waals surface area (Å²) in [5.41, 5.74) is 0.721. The van der Waals surface area contributed by atoms with Crippen molar-refractivity contribution in [1.82, 2.24) is 15.6 Å². The lowest BCUT2D eigenvalue weighted by atomic mass is 10.1. The molecule has 2 N–H and O–H groups in total. The van der Waals surface area contributed by atoms with E-state index in [4.69, 9.17) is 4.42 Å². The molecule has 21 heavy (non-hydrogen) atoms. The van der Waals surface area contributed by atoms with Crippen LogP contribution >= 0.6 is 11.3 Å². The molecule has 0 saturated carbocycles. The number of aryl methyl sites for hydroxylation is 2. The van der Waals surface area contributed by atoms with E-state index in [1.807, 2.05) is 26.8 Å². The predicted octanol–water partition coefficient (Wildman–Crippen LogP) is 2.49. The average molecular weight is 307 g/mol. The van der Waals surface area contributed by atoms with E-state index in [-0.39, 0.29) is 18.0 Å². The first-order valence-electron chi connectivity index (χ1n) is 6.87. The van der Waals surface area contributed by atoms with Gasteiger partial charge in [-0.05, 0) is 39.8 Å². The van der Waals surface area contributed by atoms with Gasteiger partial charge in [0.25, 0.3) is 0 Å². The Morgan fingerprint density at radius 3 is 2.76 bits per heavy atom. The number of aromatic nitrogens is 1. The molecule has 1 amide bonds. The van der Waals surface area contributed by atoms with Gasteiger partial charge in [0, 0.05) is 4.88 Å². The number of rotatable bonds is 6. The number of thiazole rings is 1. The van der Waals surface area contributed by atoms with E-state index in [0.717, 1.165) is 16.5 Å². The lowest BCUT2D eigenvalue weighted by Crippen LogP contribution is -2.43. The molecule has 0 radical (unpaired) electrons. The lowest BCUT2D eigenvalue weighted by Gasteiger charge is -2.23. The molecule has 0 saturated heterocycles. The van der Waals surface area contributed by atoms with Gasteiger partial charge < -0.3 is 9.73 Å². The summed E-state index contributed by atoms with van der Waals surface area (Å²) in [6, 6.07) is 3.63. The second kappa shape index (κ2) is 6.41. The molecule has 5 nitrogen and oxygen atoms in total. The summed E-state index contributed by atoms with van der Waals surface area (Å²) >= 11 is 1.66. The highest BCUT2D eigenvalue weighted by molar-refractivity contribution is 7.11. The number of furan rings is 1. The molecule has 0 atom stereocenters. The van der Waals surface area contributed by atoms with Crippen molar-refractivity contribution in [1.29, 1.82) is 0 Å². The van der Waals surface area contributed by atoms with Crippen molar-refractivity contribution in [2.45, 2.75) is 39.8 Å². The van der Waals surface area contributed by atoms with Crippen LogP contribution in [0.4, 0.5) is 0 Å². The maximum Gasteiger partial charge on any atom is 0.234 e. The van der Waals surface area contributed by atoms with Crippen molar-refractivity contribution in [3.8, 4) is 0 Å². The minimum absolute atomic E-state index is 0.0653. The normalized spacial score (nSPS) is 11.6. The van der Waals surface area contributed by atoms with Crippen LogP contribution in [0.1, 0.15) is 35.2 Å². The summed E-state index contributed by atoms with van der Waals surface area (Å²) in [5.74, 6) is 0.679. The number of nitrogens with one attached hydrogen (secondary N) is 2. The van der Waals surface area contributed by atoms with Crippen LogP contribution in [-0.2, 0) is 16.9 Å². The maximum absolute atomic E-state index is 11.9. The molecule has 0 unspecified atom stereocenters. The molecule has 2 aromatic heterocycles. The van der Waals surface area contributed by atoms with Crippen LogP contribution in [-0.4, -0.2) is 17.4 Å². The van der Waals surface area contributed by atoms with E-state index in [2.05, 4.69) is 22.5 Å². The van der Waals surface area contributed by atoms with Gasteiger partial charge in [-0.2, -0.15) is 0 Å². The predicted molar refractivity (Wildman–Crippen MR) is 83.2 cm³/mol. The van der Waals surface area contributed by atoms with Gasteiger partial charge in [-0.25, -0.2) is 4.98 Å². The first-order valence-corrected chi connectivity index (χ1v) is 7.69. The Morgan fingerprint density at radius 1 is 1.43 bits per heavy atom. The molecule has 0 aromatic carbocycles. The highest BCUT2D eigenvalue weighted by atomic mass is 32.1. The van der Waals surface area contributed by atoms with Gasteiger partial charge in [0.05, 0.1) is 30.6 Å². The van der Waals surface area contributed by atoms with Crippen molar-refractivity contribution >= 4 is 17.2 Å². The molecular formula is C15H21N3O2S. The van der Waals surface area contributed by atoms with Crippen molar-refractivity contribution in [3.05, 3.63) is 39.7 Å². The van der Waals surface area contributed by atoms with Crippen LogP contribution < -0.4 is 10.6 Å². The molecule has 2 aromatic rings. The summed E-state index contributed by atoms with van der Waals surface area (Å²) < 4.78 is 5.17. The van der Waals surface area contributed by atoms with Crippen LogP contribution in [0, 0.1) is 13.8 Å². The van der Waals surface area contributed by atoms with Gasteiger partial charge in [-0.1, -0.05) is 0 Å². The van der Waals surface area contributed by atoms with Crippen LogP contribution in [0.15, 0.2) is 22.8 Å². The van der Waals surface area contributed by atoms with Crippen LogP contribution in [0.3, 0.4) is 0 Å². The third kappa shape index (κ3) is 4.15. The minimum Gasteiger partial charge on any atom is -0.467 e. The highest BCUT2D eigenvalue weighted by Gasteiger charge is 2.25. The molecule has 0 aliphatic rings. The lowest BCUT2D eigenvalue weighted by molar-refractivity contribution is -0.120. The van der Waals surface area contributed by atoms with Gasteiger partial charge in [0.15, 0.2) is 0 Å². The Balaban J connectivity index is 1.84. The number of amides is 1. The number of hydrogen-bond donors (Lipinski definition) is 2. The van der Waals surface area contributed by atoms with Crippen molar-refractivity contribution in [3.63, 3.8) is 0 Å². The van der Waals surface area contributed by atoms with Crippen LogP contribution in [0.2, 0.25) is 0 Å². The topological polar surface area (TPSA) is 67.2 Å². The molecule has 0 aliphatic heterocycles. The van der Waals surface area contributed by atoms with Crippen LogP contribution in [0.25, 0.3) is 0 Å². The van der Waals surface area contributed by atoms with E-state index in [0.29, 0.717) is 6.54 Å². The smallest absolute Gasteiger partial charge is 0.234 e. The van der Waals surface area contributed by atoms with Crippen LogP contribution in [0.5, 0.6) is 0 Å². The zero-order valence-corrected chi connectivity index (χ0v) is 13.6. The molecular weight excluding hydrogens is 286 g/mol. The van der Waals surface area contributed by atoms with Gasteiger partial charge in [0.1, 0.15) is 10.8 Å². The third-order valence-electron chi connectivity index (χ3n) is 3.29. The second-order valence-electron chi connectivity index (χ2n) is 5.50. The Labute approximate surface area is 128 Å². The molecule has 2 rings (SSSR count). The quantitative estimate of drug-likeness (QED) is 0.860. The van der Waals surface area contributed by atoms with Crippen molar-refractivity contribution < 1.29 is 9.21 Å². The van der Waals surface area contributed by atoms with E-state index >= 15 is 0 Å². The van der Waals surface area contributed by atoms with Gasteiger partial charge in [0.2, 0.25) is 5.91 Å². The molecule has 0 aliphatic carbocycles. The van der Waals surface area contributed by atoms with Gasteiger partial charge in [-0.3, -0.25) is 10.1 Å². The summed E-state index contributed by atoms with van der Waals surface area (Å²) in [6.45, 7) is 8.77. The highest BCUT2D eigenvalue weighted by Crippen LogP contribution is 2.26. The second-order valence-corrected chi connectivity index (χ2v) is 6.70. The number of nitrogens with zero attached hydrogens (tertiary/aromatic N) is 1. The van der Waals surface area contributed by atoms with E-state index in [1.165, 1.54) is 4.88 Å². The monoisotopic (exact) mass is 307 g/mol. The van der Waals surface area contributed by atoms with E-state index in [9.17, 15) is 4.79 Å². The molecule has 0 fully saturated rings. The SMILES string of the molecule is Cc1nc(C(C)(C)NCC(=O)NCc2ccco2)sc1C. The fraction of sp³-hybridized carbons (Fsp3) is 0.467. The summed E-state index contributed by atoms with van der Waals surface area (Å²) in [5, 5.41) is 7.06. The fourth-order valence-corrected chi connectivity index (χ4v) is 2.77. The average Bonchev–Trinajstić information content (AvgIpc) is 3.05. The number of carbonyl (C=O) groups excluding carboxylic acids is 1. The van der Waals surface area contributed by atoms with Crippen molar-refractivity contribution in [2.75, 3.05) is 6.54 Å². The van der Waals surface area contributed by atoms with E-state index < -0.39 is 0 Å². The van der Waals surface area contributed by atoms with E-state index in [1.54, 1.807) is 23.7 Å². The Kier molecular flexibility index (Phi) is 4.80. The first-order chi connectivity index (χ1) is 9.88. The zero-order chi connectivity index (χ0) is 15.5. The summed E-state index contributed by atoms with van der Waals surface area (Å²) in [6.07, 6.45) is 1.59. The molecule has 2 heterocycles. The Bertz CT molecular complexity index is 583. The van der Waals surface area contributed by atoms with Gasteiger partial charge >= 0.3 is 0 Å². The Morgan fingerprint density at radius 2 is 2.19 bits per heavy atom. The standard InChI is InChI=1S/C15H21N3O2S/c1-10-11(2)21-14(18-10)15(3,4)17-9-13(19)16-8-12-6-5-7-20-12/h5-7,17H,8-9H2,1-4H3,(H,16,19). The number of carbonyl (C=O) groups is 1. The van der Waals surface area contributed by atoms with Gasteiger partial charge in [-0.15, -0.1) is 11.3 Å². The molecule has 6 heteroatoms. The molecule has 0 spiro atoms. The zero-order valence-electron chi connectivity index (χ0n) is 12.8. The van der Waals surface area contributed by atoms with Crippen molar-refractivity contribution in [2.24, 2.45) is 0 Å².